The van der Waals surface area contributed by atoms with Gasteiger partial charge < -0.3 is 5.11 Å². The largest absolute Gasteiger partial charge is 0.477 e. The van der Waals surface area contributed by atoms with Crippen LogP contribution in [0.2, 0.25) is 0 Å². The molecule has 90 valence electrons. The maximum Gasteiger partial charge on any atom is 0.353 e. The minimum Gasteiger partial charge on any atom is -0.477 e. The topological polar surface area (TPSA) is 76.4 Å². The minimum atomic E-state index is -3.62. The van der Waals surface area contributed by atoms with Gasteiger partial charge in [-0.3, -0.25) is 0 Å². The van der Waals surface area contributed by atoms with Gasteiger partial charge in [-0.1, -0.05) is 18.2 Å². The van der Waals surface area contributed by atoms with E-state index in [1.807, 2.05) is 0 Å². The second-order valence-corrected chi connectivity index (χ2v) is 5.66. The number of nitrogens with zero attached hydrogens (tertiary/aromatic N) is 1. The molecule has 0 atom stereocenters. The molecule has 0 aliphatic carbocycles. The fraction of sp³-hybridized carbons (Fsp3) is 0.182. The van der Waals surface area contributed by atoms with E-state index < -0.39 is 16.0 Å². The summed E-state index contributed by atoms with van der Waals surface area (Å²) in [5.74, 6) is -1.40. The first-order chi connectivity index (χ1) is 7.97. The molecule has 6 heteroatoms. The summed E-state index contributed by atoms with van der Waals surface area (Å²) in [5, 5.41) is 9.64. The lowest BCUT2D eigenvalue weighted by molar-refractivity contribution is 0.0689. The fourth-order valence-electron chi connectivity index (χ4n) is 1.71. The lowest BCUT2D eigenvalue weighted by Gasteiger charge is -2.07. The van der Waals surface area contributed by atoms with E-state index in [2.05, 4.69) is 0 Å². The van der Waals surface area contributed by atoms with E-state index in [0.717, 1.165) is 3.97 Å². The third kappa shape index (κ3) is 1.80. The summed E-state index contributed by atoms with van der Waals surface area (Å²) in [4.78, 5) is 11.1. The number of carboxylic acid groups (broad SMARTS) is 1. The molecule has 1 aromatic heterocycles. The number of aromatic nitrogens is 1. The van der Waals surface area contributed by atoms with Crippen LogP contribution in [0.15, 0.2) is 30.3 Å². The molecular formula is C11H11NO4S. The monoisotopic (exact) mass is 253 g/mol. The molecule has 0 fully saturated rings. The SMILES string of the molecule is CCS(=O)(=O)n1c(C(=O)O)cc2ccccc21. The molecule has 0 saturated heterocycles. The van der Waals surface area contributed by atoms with Crippen LogP contribution in [-0.2, 0) is 10.0 Å². The Balaban J connectivity index is 2.92. The van der Waals surface area contributed by atoms with Crippen molar-refractivity contribution in [1.29, 1.82) is 0 Å². The van der Waals surface area contributed by atoms with Gasteiger partial charge in [0.05, 0.1) is 11.3 Å². The second kappa shape index (κ2) is 3.89. The molecule has 17 heavy (non-hydrogen) atoms. The molecule has 0 amide bonds. The average molecular weight is 253 g/mol. The highest BCUT2D eigenvalue weighted by Gasteiger charge is 2.22. The van der Waals surface area contributed by atoms with E-state index in [9.17, 15) is 13.2 Å². The molecule has 2 rings (SSSR count). The highest BCUT2D eigenvalue weighted by Crippen LogP contribution is 2.22. The predicted molar refractivity (Wildman–Crippen MR) is 63.8 cm³/mol. The number of hydrogen-bond donors (Lipinski definition) is 1. The first-order valence-electron chi connectivity index (χ1n) is 5.04. The van der Waals surface area contributed by atoms with Crippen LogP contribution in [0.25, 0.3) is 10.9 Å². The molecule has 0 unspecified atom stereocenters. The quantitative estimate of drug-likeness (QED) is 0.900. The van der Waals surface area contributed by atoms with Gasteiger partial charge in [-0.15, -0.1) is 0 Å². The molecule has 1 heterocycles. The number of fused-ring (bicyclic) bond motifs is 1. The van der Waals surface area contributed by atoms with Crippen molar-refractivity contribution in [2.45, 2.75) is 6.92 Å². The summed E-state index contributed by atoms with van der Waals surface area (Å²) < 4.78 is 24.7. The molecule has 0 aliphatic heterocycles. The summed E-state index contributed by atoms with van der Waals surface area (Å²) in [6.07, 6.45) is 0. The molecule has 0 radical (unpaired) electrons. The van der Waals surface area contributed by atoms with Crippen LogP contribution in [0, 0.1) is 0 Å². The van der Waals surface area contributed by atoms with Gasteiger partial charge in [0.2, 0.25) is 10.0 Å². The van der Waals surface area contributed by atoms with Crippen molar-refractivity contribution in [2.24, 2.45) is 0 Å². The van der Waals surface area contributed by atoms with Gasteiger partial charge in [0, 0.05) is 5.39 Å². The molecule has 1 aromatic carbocycles. The van der Waals surface area contributed by atoms with Crippen LogP contribution in [0.1, 0.15) is 17.4 Å². The van der Waals surface area contributed by atoms with Crippen molar-refractivity contribution in [3.63, 3.8) is 0 Å². The van der Waals surface area contributed by atoms with Crippen molar-refractivity contribution in [3.05, 3.63) is 36.0 Å². The molecule has 5 nitrogen and oxygen atoms in total. The van der Waals surface area contributed by atoms with Crippen molar-refractivity contribution in [2.75, 3.05) is 5.75 Å². The summed E-state index contributed by atoms with van der Waals surface area (Å²) in [6, 6.07) is 8.05. The summed E-state index contributed by atoms with van der Waals surface area (Å²) in [7, 11) is -3.62. The smallest absolute Gasteiger partial charge is 0.353 e. The van der Waals surface area contributed by atoms with Crippen LogP contribution >= 0.6 is 0 Å². The Kier molecular flexibility index (Phi) is 2.66. The molecular weight excluding hydrogens is 242 g/mol. The Morgan fingerprint density at radius 3 is 2.59 bits per heavy atom. The van der Waals surface area contributed by atoms with Gasteiger partial charge in [0.1, 0.15) is 5.69 Å². The van der Waals surface area contributed by atoms with Gasteiger partial charge in [0.25, 0.3) is 0 Å². The van der Waals surface area contributed by atoms with E-state index in [1.54, 1.807) is 24.3 Å². The van der Waals surface area contributed by atoms with Gasteiger partial charge >= 0.3 is 5.97 Å². The standard InChI is InChI=1S/C11H11NO4S/c1-2-17(15,16)12-9-6-4-3-5-8(9)7-10(12)11(13)14/h3-7H,2H2,1H3,(H,13,14). The number of hydrogen-bond acceptors (Lipinski definition) is 3. The minimum absolute atomic E-state index is 0.147. The molecule has 0 saturated carbocycles. The lowest BCUT2D eigenvalue weighted by atomic mass is 10.2. The number of carbonyl (C=O) groups is 1. The Bertz CT molecular complexity index is 685. The molecule has 2 aromatic rings. The Labute approximate surface area is 98.3 Å². The first kappa shape index (κ1) is 11.7. The van der Waals surface area contributed by atoms with E-state index in [-0.39, 0.29) is 11.4 Å². The Hall–Kier alpha value is -1.82. The summed E-state index contributed by atoms with van der Waals surface area (Å²) in [6.45, 7) is 1.48. The molecule has 0 aliphatic rings. The zero-order valence-corrected chi connectivity index (χ0v) is 9.94. The number of aromatic carboxylic acids is 1. The van der Waals surface area contributed by atoms with Crippen molar-refractivity contribution in [1.82, 2.24) is 3.97 Å². The Morgan fingerprint density at radius 2 is 2.00 bits per heavy atom. The first-order valence-corrected chi connectivity index (χ1v) is 6.65. The zero-order chi connectivity index (χ0) is 12.6. The van der Waals surface area contributed by atoms with Gasteiger partial charge in [-0.05, 0) is 19.1 Å². The van der Waals surface area contributed by atoms with Crippen molar-refractivity contribution < 1.29 is 18.3 Å². The normalized spacial score (nSPS) is 11.8. The fourth-order valence-corrected chi connectivity index (χ4v) is 2.86. The molecule has 0 spiro atoms. The van der Waals surface area contributed by atoms with E-state index >= 15 is 0 Å². The van der Waals surface area contributed by atoms with E-state index in [4.69, 9.17) is 5.11 Å². The van der Waals surface area contributed by atoms with Crippen LogP contribution in [0.5, 0.6) is 0 Å². The number of para-hydroxylation sites is 1. The summed E-state index contributed by atoms with van der Waals surface area (Å²) in [5.41, 5.74) is 0.166. The van der Waals surface area contributed by atoms with Crippen LogP contribution in [0.3, 0.4) is 0 Å². The third-order valence-electron chi connectivity index (χ3n) is 2.53. The van der Waals surface area contributed by atoms with Gasteiger partial charge in [0.15, 0.2) is 0 Å². The van der Waals surface area contributed by atoms with Crippen molar-refractivity contribution in [3.8, 4) is 0 Å². The molecule has 0 bridgehead atoms. The third-order valence-corrected chi connectivity index (χ3v) is 4.21. The maximum absolute atomic E-state index is 11.9. The number of rotatable bonds is 3. The van der Waals surface area contributed by atoms with Gasteiger partial charge in [-0.25, -0.2) is 17.2 Å². The second-order valence-electron chi connectivity index (χ2n) is 3.56. The number of carboxylic acids is 1. The van der Waals surface area contributed by atoms with Gasteiger partial charge in [-0.2, -0.15) is 0 Å². The highest BCUT2D eigenvalue weighted by atomic mass is 32.2. The average Bonchev–Trinajstić information content (AvgIpc) is 2.69. The Morgan fingerprint density at radius 1 is 1.35 bits per heavy atom. The van der Waals surface area contributed by atoms with E-state index in [0.29, 0.717) is 10.9 Å². The van der Waals surface area contributed by atoms with E-state index in [1.165, 1.54) is 13.0 Å². The highest BCUT2D eigenvalue weighted by molar-refractivity contribution is 7.90. The lowest BCUT2D eigenvalue weighted by Crippen LogP contribution is -2.19. The van der Waals surface area contributed by atoms with Crippen molar-refractivity contribution >= 4 is 26.9 Å². The van der Waals surface area contributed by atoms with Crippen LogP contribution in [-0.4, -0.2) is 29.2 Å². The predicted octanol–water partition coefficient (Wildman–Crippen LogP) is 1.54. The molecule has 1 N–H and O–H groups in total. The number of benzene rings is 1. The van der Waals surface area contributed by atoms with Crippen LogP contribution in [0.4, 0.5) is 0 Å². The summed E-state index contributed by atoms with van der Waals surface area (Å²) >= 11 is 0. The maximum atomic E-state index is 11.9. The zero-order valence-electron chi connectivity index (χ0n) is 9.12. The van der Waals surface area contributed by atoms with Crippen LogP contribution < -0.4 is 0 Å².